The van der Waals surface area contributed by atoms with Crippen molar-refractivity contribution in [2.24, 2.45) is 0 Å². The van der Waals surface area contributed by atoms with Crippen molar-refractivity contribution in [3.63, 3.8) is 0 Å². The Balaban J connectivity index is 1.67. The minimum atomic E-state index is -0.561. The van der Waals surface area contributed by atoms with Crippen LogP contribution < -0.4 is 5.32 Å². The minimum Gasteiger partial charge on any atom is -0.468 e. The first-order valence-electron chi connectivity index (χ1n) is 7.27. The number of carbonyl (C=O) groups is 1. The molecule has 1 aromatic heterocycles. The van der Waals surface area contributed by atoms with Crippen molar-refractivity contribution < 1.29 is 13.9 Å². The van der Waals surface area contributed by atoms with Gasteiger partial charge in [-0.3, -0.25) is 10.1 Å². The maximum absolute atomic E-state index is 12.9. The van der Waals surface area contributed by atoms with Crippen LogP contribution in [0.1, 0.15) is 25.0 Å². The number of rotatable bonds is 5. The lowest BCUT2D eigenvalue weighted by Gasteiger charge is -2.39. The van der Waals surface area contributed by atoms with Crippen LogP contribution >= 0.6 is 0 Å². The zero-order chi connectivity index (χ0) is 15.6. The van der Waals surface area contributed by atoms with Crippen molar-refractivity contribution in [3.8, 4) is 5.69 Å². The van der Waals surface area contributed by atoms with Crippen LogP contribution in [0.5, 0.6) is 0 Å². The highest BCUT2D eigenvalue weighted by Gasteiger charge is 2.44. The second kappa shape index (κ2) is 5.88. The van der Waals surface area contributed by atoms with E-state index in [2.05, 4.69) is 10.4 Å². The highest BCUT2D eigenvalue weighted by atomic mass is 19.1. The number of nitrogens with zero attached hydrogens (tertiary/aromatic N) is 2. The number of aromatic nitrogens is 2. The SMILES string of the molecule is COC(=O)C1(NCc2ccn(-c3ccc(F)cc3)n2)CCC1. The van der Waals surface area contributed by atoms with Gasteiger partial charge in [-0.05, 0) is 49.6 Å². The number of nitrogens with one attached hydrogen (secondary N) is 1. The van der Waals surface area contributed by atoms with Gasteiger partial charge in [0, 0.05) is 12.7 Å². The van der Waals surface area contributed by atoms with Gasteiger partial charge in [-0.15, -0.1) is 0 Å². The lowest BCUT2D eigenvalue weighted by Crippen LogP contribution is -2.57. The number of esters is 1. The Bertz CT molecular complexity index is 662. The van der Waals surface area contributed by atoms with Gasteiger partial charge in [-0.1, -0.05) is 0 Å². The Kier molecular flexibility index (Phi) is 3.94. The zero-order valence-corrected chi connectivity index (χ0v) is 12.4. The van der Waals surface area contributed by atoms with Gasteiger partial charge >= 0.3 is 5.97 Å². The van der Waals surface area contributed by atoms with E-state index in [1.54, 1.807) is 16.8 Å². The van der Waals surface area contributed by atoms with Crippen LogP contribution in [0.15, 0.2) is 36.5 Å². The largest absolute Gasteiger partial charge is 0.468 e. The van der Waals surface area contributed by atoms with Gasteiger partial charge in [0.05, 0.1) is 18.5 Å². The third-order valence-corrected chi connectivity index (χ3v) is 4.13. The van der Waals surface area contributed by atoms with E-state index >= 15 is 0 Å². The number of benzene rings is 1. The van der Waals surface area contributed by atoms with Gasteiger partial charge in [0.1, 0.15) is 11.4 Å². The molecular weight excluding hydrogens is 285 g/mol. The Labute approximate surface area is 128 Å². The van der Waals surface area contributed by atoms with Gasteiger partial charge < -0.3 is 4.74 Å². The van der Waals surface area contributed by atoms with Crippen LogP contribution in [0.3, 0.4) is 0 Å². The van der Waals surface area contributed by atoms with Gasteiger partial charge in [0.2, 0.25) is 0 Å². The average Bonchev–Trinajstić information content (AvgIpc) is 2.95. The minimum absolute atomic E-state index is 0.211. The summed E-state index contributed by atoms with van der Waals surface area (Å²) in [4.78, 5) is 11.9. The van der Waals surface area contributed by atoms with E-state index in [1.807, 2.05) is 12.3 Å². The first kappa shape index (κ1) is 14.7. The fourth-order valence-corrected chi connectivity index (χ4v) is 2.63. The third kappa shape index (κ3) is 2.74. The summed E-state index contributed by atoms with van der Waals surface area (Å²) in [5.41, 5.74) is 1.05. The molecule has 0 amide bonds. The van der Waals surface area contributed by atoms with Gasteiger partial charge in [0.25, 0.3) is 0 Å². The molecule has 1 fully saturated rings. The first-order valence-corrected chi connectivity index (χ1v) is 7.27. The van der Waals surface area contributed by atoms with Crippen LogP contribution in [0.4, 0.5) is 4.39 Å². The molecular formula is C16H18FN3O2. The quantitative estimate of drug-likeness (QED) is 0.860. The molecule has 2 aromatic rings. The van der Waals surface area contributed by atoms with Crippen LogP contribution in [0.2, 0.25) is 0 Å². The number of hydrogen-bond donors (Lipinski definition) is 1. The van der Waals surface area contributed by atoms with Crippen LogP contribution in [-0.4, -0.2) is 28.4 Å². The first-order chi connectivity index (χ1) is 10.6. The Morgan fingerprint density at radius 2 is 2.09 bits per heavy atom. The van der Waals surface area contributed by atoms with Crippen LogP contribution in [0.25, 0.3) is 5.69 Å². The molecule has 0 bridgehead atoms. The molecule has 1 aliphatic carbocycles. The molecule has 1 heterocycles. The average molecular weight is 303 g/mol. The van der Waals surface area contributed by atoms with E-state index in [0.29, 0.717) is 6.54 Å². The molecule has 0 radical (unpaired) electrons. The molecule has 0 spiro atoms. The van der Waals surface area contributed by atoms with Crippen molar-refractivity contribution >= 4 is 5.97 Å². The van der Waals surface area contributed by atoms with E-state index in [1.165, 1.54) is 19.2 Å². The molecule has 0 unspecified atom stereocenters. The number of hydrogen-bond acceptors (Lipinski definition) is 4. The second-order valence-electron chi connectivity index (χ2n) is 5.51. The predicted molar refractivity (Wildman–Crippen MR) is 79.0 cm³/mol. The van der Waals surface area contributed by atoms with Crippen molar-refractivity contribution in [2.45, 2.75) is 31.3 Å². The Hall–Kier alpha value is -2.21. The monoisotopic (exact) mass is 303 g/mol. The topological polar surface area (TPSA) is 56.1 Å². The summed E-state index contributed by atoms with van der Waals surface area (Å²) in [7, 11) is 1.41. The Morgan fingerprint density at radius 1 is 1.36 bits per heavy atom. The molecule has 1 aromatic carbocycles. The molecule has 116 valence electrons. The maximum atomic E-state index is 12.9. The lowest BCUT2D eigenvalue weighted by molar-refractivity contribution is -0.152. The molecule has 22 heavy (non-hydrogen) atoms. The number of carbonyl (C=O) groups excluding carboxylic acids is 1. The van der Waals surface area contributed by atoms with E-state index in [9.17, 15) is 9.18 Å². The smallest absolute Gasteiger partial charge is 0.326 e. The normalized spacial score (nSPS) is 16.1. The third-order valence-electron chi connectivity index (χ3n) is 4.13. The van der Waals surface area contributed by atoms with Gasteiger partial charge in [0.15, 0.2) is 0 Å². The van der Waals surface area contributed by atoms with Crippen LogP contribution in [0, 0.1) is 5.82 Å². The molecule has 0 atom stereocenters. The van der Waals surface area contributed by atoms with Crippen molar-refractivity contribution in [1.29, 1.82) is 0 Å². The molecule has 1 saturated carbocycles. The fraction of sp³-hybridized carbons (Fsp3) is 0.375. The number of halogens is 1. The molecule has 3 rings (SSSR count). The summed E-state index contributed by atoms with van der Waals surface area (Å²) in [6.45, 7) is 0.489. The number of ether oxygens (including phenoxy) is 1. The highest BCUT2D eigenvalue weighted by molar-refractivity contribution is 5.81. The number of methoxy groups -OCH3 is 1. The molecule has 1 aliphatic rings. The fourth-order valence-electron chi connectivity index (χ4n) is 2.63. The standard InChI is InChI=1S/C16H18FN3O2/c1-22-15(21)16(8-2-9-16)18-11-13-7-10-20(19-13)14-5-3-12(17)4-6-14/h3-7,10,18H,2,8-9,11H2,1H3. The van der Waals surface area contributed by atoms with Crippen molar-refractivity contribution in [2.75, 3.05) is 7.11 Å². The van der Waals surface area contributed by atoms with E-state index in [-0.39, 0.29) is 11.8 Å². The summed E-state index contributed by atoms with van der Waals surface area (Å²) >= 11 is 0. The van der Waals surface area contributed by atoms with Gasteiger partial charge in [-0.25, -0.2) is 9.07 Å². The summed E-state index contributed by atoms with van der Waals surface area (Å²) < 4.78 is 19.5. The van der Waals surface area contributed by atoms with Crippen molar-refractivity contribution in [3.05, 3.63) is 48.0 Å². The van der Waals surface area contributed by atoms with Gasteiger partial charge in [-0.2, -0.15) is 5.10 Å². The predicted octanol–water partition coefficient (Wildman–Crippen LogP) is 2.20. The van der Waals surface area contributed by atoms with E-state index in [4.69, 9.17) is 4.74 Å². The summed E-state index contributed by atoms with van der Waals surface area (Å²) in [5, 5.41) is 7.70. The maximum Gasteiger partial charge on any atom is 0.326 e. The van der Waals surface area contributed by atoms with E-state index in [0.717, 1.165) is 30.6 Å². The summed E-state index contributed by atoms with van der Waals surface area (Å²) in [5.74, 6) is -0.487. The highest BCUT2D eigenvalue weighted by Crippen LogP contribution is 2.33. The molecule has 0 aliphatic heterocycles. The molecule has 1 N–H and O–H groups in total. The van der Waals surface area contributed by atoms with Crippen LogP contribution in [-0.2, 0) is 16.1 Å². The molecule has 5 nitrogen and oxygen atoms in total. The Morgan fingerprint density at radius 3 is 2.68 bits per heavy atom. The van der Waals surface area contributed by atoms with E-state index < -0.39 is 5.54 Å². The zero-order valence-electron chi connectivity index (χ0n) is 12.4. The molecule has 0 saturated heterocycles. The lowest BCUT2D eigenvalue weighted by atomic mass is 9.76. The van der Waals surface area contributed by atoms with Crippen molar-refractivity contribution in [1.82, 2.24) is 15.1 Å². The second-order valence-corrected chi connectivity index (χ2v) is 5.51. The summed E-state index contributed by atoms with van der Waals surface area (Å²) in [6.07, 6.45) is 4.42. The molecule has 6 heteroatoms. The summed E-state index contributed by atoms with van der Waals surface area (Å²) in [6, 6.07) is 8.01.